The molecule has 0 aliphatic rings. The van der Waals surface area contributed by atoms with E-state index in [4.69, 9.17) is 5.11 Å². The van der Waals surface area contributed by atoms with E-state index >= 15 is 0 Å². The van der Waals surface area contributed by atoms with Crippen LogP contribution in [0.2, 0.25) is 0 Å². The van der Waals surface area contributed by atoms with Crippen LogP contribution in [0.3, 0.4) is 0 Å². The van der Waals surface area contributed by atoms with E-state index in [-0.39, 0.29) is 103 Å². The van der Waals surface area contributed by atoms with Gasteiger partial charge in [0.2, 0.25) is 0 Å². The summed E-state index contributed by atoms with van der Waals surface area (Å²) in [5.74, 6) is 0. The molecule has 2 atom stereocenters. The second kappa shape index (κ2) is 25.3. The Morgan fingerprint density at radius 2 is 1.33 bits per heavy atom. The van der Waals surface area contributed by atoms with Crippen LogP contribution in [-0.4, -0.2) is 11.7 Å². The zero-order valence-electron chi connectivity index (χ0n) is 11.3. The summed E-state index contributed by atoms with van der Waals surface area (Å²) in [6.45, 7) is 2.58. The zero-order chi connectivity index (χ0) is 12.8. The molecule has 6 nitrogen and oxygen atoms in total. The van der Waals surface area contributed by atoms with Crippen LogP contribution < -0.4 is 113 Å². The molecule has 0 aromatic heterocycles. The molecule has 0 aromatic carbocycles. The third kappa shape index (κ3) is 36.5. The average molecular weight is 350 g/mol. The molecule has 18 heavy (non-hydrogen) atoms. The number of rotatable bonds is 8. The van der Waals surface area contributed by atoms with Crippen molar-refractivity contribution >= 4 is 16.5 Å². The van der Waals surface area contributed by atoms with Gasteiger partial charge < -0.3 is 14.9 Å². The van der Waals surface area contributed by atoms with E-state index in [0.717, 1.165) is 6.42 Å². The maximum absolute atomic E-state index is 9.24. The van der Waals surface area contributed by atoms with Crippen LogP contribution in [0.1, 0.15) is 45.4 Å². The second-order valence-electron chi connectivity index (χ2n) is 3.02. The Labute approximate surface area is 195 Å². The quantitative estimate of drug-likeness (QED) is 0.268. The molecule has 0 spiro atoms. The Morgan fingerprint density at radius 3 is 1.61 bits per heavy atom. The molecule has 0 aromatic rings. The molecule has 0 saturated carbocycles. The van der Waals surface area contributed by atoms with Crippen molar-refractivity contribution in [3.8, 4) is 0 Å². The standard InChI is InChI=1S/C8H18O.2K.O5P2/c1-2-3-4-5-6-7-8-9;;;1-6(2)5-7(3)4/h9H,2-8H2,1H3;;;/q;2*+1;. The molecule has 1 N–H and O–H groups in total. The SMILES string of the molecule is CCCCCCCCO.O=[P+]([O-])O[P+](=O)[O-].[K+].[K+]. The molecular formula is C8H18K2O6P2+2. The van der Waals surface area contributed by atoms with E-state index in [9.17, 15) is 18.9 Å². The molecule has 0 fully saturated rings. The maximum Gasteiger partial charge on any atom is 1.00 e. The van der Waals surface area contributed by atoms with E-state index < -0.39 is 16.5 Å². The maximum atomic E-state index is 9.24. The topological polar surface area (TPSA) is 110 Å². The van der Waals surface area contributed by atoms with Gasteiger partial charge in [0.25, 0.3) is 0 Å². The summed E-state index contributed by atoms with van der Waals surface area (Å²) in [4.78, 5) is 18.5. The van der Waals surface area contributed by atoms with Crippen molar-refractivity contribution in [1.29, 1.82) is 0 Å². The molecule has 2 unspecified atom stereocenters. The van der Waals surface area contributed by atoms with Gasteiger partial charge in [-0.1, -0.05) is 39.0 Å². The van der Waals surface area contributed by atoms with Crippen molar-refractivity contribution in [2.45, 2.75) is 45.4 Å². The Bertz CT molecular complexity index is 178. The van der Waals surface area contributed by atoms with Gasteiger partial charge in [-0.3, -0.25) is 0 Å². The normalized spacial score (nSPS) is 10.2. The summed E-state index contributed by atoms with van der Waals surface area (Å²) in [5.41, 5.74) is 0. The molecule has 0 heterocycles. The van der Waals surface area contributed by atoms with Crippen LogP contribution in [-0.2, 0) is 13.4 Å². The molecule has 0 radical (unpaired) electrons. The summed E-state index contributed by atoms with van der Waals surface area (Å²) in [5, 5.41) is 8.42. The first-order valence-electron chi connectivity index (χ1n) is 5.12. The van der Waals surface area contributed by atoms with E-state index in [0.29, 0.717) is 6.61 Å². The molecule has 0 bridgehead atoms. The number of hydrogen-bond acceptors (Lipinski definition) is 6. The van der Waals surface area contributed by atoms with E-state index in [1.165, 1.54) is 32.1 Å². The summed E-state index contributed by atoms with van der Waals surface area (Å²) in [6, 6.07) is 0. The van der Waals surface area contributed by atoms with Crippen LogP contribution in [0.4, 0.5) is 0 Å². The average Bonchev–Trinajstić information content (AvgIpc) is 2.16. The molecule has 0 amide bonds. The first-order chi connectivity index (χ1) is 7.54. The molecule has 96 valence electrons. The third-order valence-electron chi connectivity index (χ3n) is 1.65. The predicted octanol–water partition coefficient (Wildman–Crippen LogP) is -4.61. The largest absolute Gasteiger partial charge is 1.00 e. The minimum Gasteiger partial charge on any atom is -0.563 e. The van der Waals surface area contributed by atoms with Gasteiger partial charge in [-0.2, -0.15) is 0 Å². The van der Waals surface area contributed by atoms with Crippen molar-refractivity contribution < 1.29 is 131 Å². The first kappa shape index (κ1) is 29.3. The fourth-order valence-corrected chi connectivity index (χ4v) is 1.38. The van der Waals surface area contributed by atoms with Gasteiger partial charge >= 0.3 is 119 Å². The summed E-state index contributed by atoms with van der Waals surface area (Å²) >= 11 is 0. The monoisotopic (exact) mass is 350 g/mol. The summed E-state index contributed by atoms with van der Waals surface area (Å²) in [7, 11) is -6.47. The first-order valence-corrected chi connectivity index (χ1v) is 7.31. The predicted molar refractivity (Wildman–Crippen MR) is 56.8 cm³/mol. The fraction of sp³-hybridized carbons (Fsp3) is 1.00. The minimum atomic E-state index is -3.24. The molecule has 0 rings (SSSR count). The summed E-state index contributed by atoms with van der Waals surface area (Å²) < 4.78 is 21.6. The van der Waals surface area contributed by atoms with Gasteiger partial charge in [0.15, 0.2) is 0 Å². The third-order valence-corrected chi connectivity index (χ3v) is 2.71. The fourth-order valence-electron chi connectivity index (χ4n) is 0.947. The van der Waals surface area contributed by atoms with Crippen LogP contribution in [0.25, 0.3) is 0 Å². The smallest absolute Gasteiger partial charge is 0.563 e. The molecule has 10 heteroatoms. The van der Waals surface area contributed by atoms with Gasteiger partial charge in [0.05, 0.1) is 0 Å². The van der Waals surface area contributed by atoms with Gasteiger partial charge in [-0.15, -0.1) is 0 Å². The van der Waals surface area contributed by atoms with Crippen LogP contribution in [0.5, 0.6) is 0 Å². The molecular weight excluding hydrogens is 332 g/mol. The Kier molecular flexibility index (Phi) is 41.2. The van der Waals surface area contributed by atoms with Gasteiger partial charge in [-0.25, -0.2) is 0 Å². The van der Waals surface area contributed by atoms with Gasteiger partial charge in [-0.05, 0) is 15.6 Å². The number of unbranched alkanes of at least 4 members (excludes halogenated alkanes) is 5. The van der Waals surface area contributed by atoms with Crippen LogP contribution in [0.15, 0.2) is 0 Å². The van der Waals surface area contributed by atoms with Crippen LogP contribution >= 0.6 is 16.5 Å². The molecule has 0 aliphatic carbocycles. The van der Waals surface area contributed by atoms with E-state index in [1.54, 1.807) is 0 Å². The zero-order valence-corrected chi connectivity index (χ0v) is 19.4. The number of aliphatic hydroxyl groups is 1. The minimum absolute atomic E-state index is 0. The number of hydrogen-bond donors (Lipinski definition) is 1. The van der Waals surface area contributed by atoms with Gasteiger partial charge in [0.1, 0.15) is 4.31 Å². The molecule has 0 aliphatic heterocycles. The summed E-state index contributed by atoms with van der Waals surface area (Å²) in [6.07, 6.45) is 7.50. The van der Waals surface area contributed by atoms with E-state index in [1.807, 2.05) is 0 Å². The molecule has 0 saturated heterocycles. The Hall–Kier alpha value is 3.31. The van der Waals surface area contributed by atoms with Crippen molar-refractivity contribution in [3.63, 3.8) is 0 Å². The Balaban J connectivity index is -0.000000100. The van der Waals surface area contributed by atoms with Crippen molar-refractivity contribution in [3.05, 3.63) is 0 Å². The Morgan fingerprint density at radius 1 is 0.944 bits per heavy atom. The van der Waals surface area contributed by atoms with Crippen LogP contribution in [0, 0.1) is 0 Å². The van der Waals surface area contributed by atoms with Gasteiger partial charge in [0, 0.05) is 6.61 Å². The van der Waals surface area contributed by atoms with Crippen molar-refractivity contribution in [2.24, 2.45) is 0 Å². The second-order valence-corrected chi connectivity index (χ2v) is 4.57. The van der Waals surface area contributed by atoms with E-state index in [2.05, 4.69) is 11.2 Å². The van der Waals surface area contributed by atoms with Crippen molar-refractivity contribution in [2.75, 3.05) is 6.61 Å². The van der Waals surface area contributed by atoms with Crippen molar-refractivity contribution in [1.82, 2.24) is 0 Å². The number of aliphatic hydroxyl groups excluding tert-OH is 1.